The number of hydrogen-bond donors (Lipinski definition) is 1. The van der Waals surface area contributed by atoms with E-state index in [1.54, 1.807) is 36.9 Å². The Morgan fingerprint density at radius 3 is 2.69 bits per heavy atom. The number of anilines is 1. The highest BCUT2D eigenvalue weighted by Gasteiger charge is 2.49. The number of carbonyl (C=O) groups is 2. The van der Waals surface area contributed by atoms with Gasteiger partial charge in [-0.05, 0) is 44.4 Å². The van der Waals surface area contributed by atoms with Crippen molar-refractivity contribution in [3.8, 4) is 0 Å². The molecule has 1 unspecified atom stereocenters. The largest absolute Gasteiger partial charge is 0.360 e. The third kappa shape index (κ3) is 3.71. The molecule has 0 saturated carbocycles. The average Bonchev–Trinajstić information content (AvgIpc) is 2.97. The minimum absolute atomic E-state index is 0.0868. The van der Waals surface area contributed by atoms with Crippen molar-refractivity contribution in [2.75, 3.05) is 11.9 Å². The zero-order valence-corrected chi connectivity index (χ0v) is 16.0. The van der Waals surface area contributed by atoms with E-state index in [1.165, 1.54) is 0 Å². The van der Waals surface area contributed by atoms with E-state index in [1.807, 2.05) is 6.07 Å². The van der Waals surface area contributed by atoms with E-state index < -0.39 is 5.54 Å². The molecule has 2 amide bonds. The summed E-state index contributed by atoms with van der Waals surface area (Å²) in [6.07, 6.45) is 1.36. The van der Waals surface area contributed by atoms with Crippen molar-refractivity contribution >= 4 is 40.8 Å². The Hall–Kier alpha value is -2.05. The van der Waals surface area contributed by atoms with Gasteiger partial charge in [0, 0.05) is 29.1 Å². The van der Waals surface area contributed by atoms with Gasteiger partial charge in [-0.3, -0.25) is 9.59 Å². The molecule has 1 aromatic heterocycles. The third-order valence-corrected chi connectivity index (χ3v) is 5.29. The van der Waals surface area contributed by atoms with E-state index in [0.717, 1.165) is 5.56 Å². The molecule has 26 heavy (non-hydrogen) atoms. The van der Waals surface area contributed by atoms with Gasteiger partial charge in [0.15, 0.2) is 5.82 Å². The number of aromatic nitrogens is 1. The van der Waals surface area contributed by atoms with Gasteiger partial charge in [0.05, 0.1) is 0 Å². The molecule has 1 aliphatic rings. The zero-order chi connectivity index (χ0) is 18.9. The molecule has 1 atom stereocenters. The summed E-state index contributed by atoms with van der Waals surface area (Å²) in [5.41, 5.74) is -0.0255. The first-order chi connectivity index (χ1) is 12.3. The molecule has 3 rings (SSSR count). The Kier molecular flexibility index (Phi) is 5.25. The number of benzene rings is 1. The Morgan fingerprint density at radius 2 is 2.12 bits per heavy atom. The van der Waals surface area contributed by atoms with Crippen LogP contribution in [0.2, 0.25) is 10.0 Å². The molecule has 1 N–H and O–H groups in total. The van der Waals surface area contributed by atoms with Gasteiger partial charge in [0.1, 0.15) is 11.3 Å². The summed E-state index contributed by atoms with van der Waals surface area (Å²) in [6.45, 7) is 4.05. The number of nitrogens with one attached hydrogen (secondary N) is 1. The molecule has 138 valence electrons. The van der Waals surface area contributed by atoms with Gasteiger partial charge < -0.3 is 14.7 Å². The van der Waals surface area contributed by atoms with E-state index in [2.05, 4.69) is 10.5 Å². The van der Waals surface area contributed by atoms with Crippen LogP contribution in [-0.2, 0) is 16.0 Å². The number of rotatable bonds is 5. The lowest BCUT2D eigenvalue weighted by atomic mass is 9.85. The van der Waals surface area contributed by atoms with Crippen LogP contribution in [0.25, 0.3) is 0 Å². The topological polar surface area (TPSA) is 75.4 Å². The number of nitrogens with zero attached hydrogens (tertiary/aromatic N) is 2. The Labute approximate surface area is 161 Å². The van der Waals surface area contributed by atoms with E-state index in [9.17, 15) is 9.59 Å². The lowest BCUT2D eigenvalue weighted by Gasteiger charge is -2.49. The predicted molar refractivity (Wildman–Crippen MR) is 99.4 cm³/mol. The predicted octanol–water partition coefficient (Wildman–Crippen LogP) is 3.85. The SMILES string of the molecule is Cc1cc(NC(=O)C2(C)CCN2C(=O)CCc2ccc(Cl)cc2Cl)no1. The molecule has 2 aromatic rings. The van der Waals surface area contributed by atoms with Gasteiger partial charge in [0.2, 0.25) is 5.91 Å². The van der Waals surface area contributed by atoms with E-state index in [0.29, 0.717) is 41.0 Å². The zero-order valence-electron chi connectivity index (χ0n) is 14.5. The van der Waals surface area contributed by atoms with Crippen LogP contribution in [0.15, 0.2) is 28.8 Å². The number of halogens is 2. The Morgan fingerprint density at radius 1 is 1.35 bits per heavy atom. The van der Waals surface area contributed by atoms with Gasteiger partial charge in [-0.15, -0.1) is 0 Å². The van der Waals surface area contributed by atoms with Crippen molar-refractivity contribution in [3.05, 3.63) is 45.6 Å². The maximum Gasteiger partial charge on any atom is 0.251 e. The number of carbonyl (C=O) groups excluding carboxylic acids is 2. The van der Waals surface area contributed by atoms with Crippen LogP contribution < -0.4 is 5.32 Å². The first-order valence-corrected chi connectivity index (χ1v) is 9.04. The highest BCUT2D eigenvalue weighted by molar-refractivity contribution is 6.35. The first-order valence-electron chi connectivity index (χ1n) is 8.29. The molecular weight excluding hydrogens is 377 g/mol. The van der Waals surface area contributed by atoms with Crippen molar-refractivity contribution in [2.24, 2.45) is 0 Å². The molecule has 2 heterocycles. The quantitative estimate of drug-likeness (QED) is 0.833. The summed E-state index contributed by atoms with van der Waals surface area (Å²) in [6, 6.07) is 6.85. The fraction of sp³-hybridized carbons (Fsp3) is 0.389. The summed E-state index contributed by atoms with van der Waals surface area (Å²) in [4.78, 5) is 26.8. The number of aryl methyl sites for hydroxylation is 2. The van der Waals surface area contributed by atoms with Crippen LogP contribution in [0, 0.1) is 6.92 Å². The van der Waals surface area contributed by atoms with E-state index in [4.69, 9.17) is 27.7 Å². The molecule has 8 heteroatoms. The van der Waals surface area contributed by atoms with Crippen molar-refractivity contribution in [2.45, 2.75) is 38.6 Å². The van der Waals surface area contributed by atoms with Gasteiger partial charge in [-0.2, -0.15) is 0 Å². The molecular formula is C18H19Cl2N3O3. The molecule has 0 radical (unpaired) electrons. The average molecular weight is 396 g/mol. The van der Waals surface area contributed by atoms with Crippen molar-refractivity contribution < 1.29 is 14.1 Å². The summed E-state index contributed by atoms with van der Waals surface area (Å²) >= 11 is 12.0. The van der Waals surface area contributed by atoms with Gasteiger partial charge >= 0.3 is 0 Å². The minimum Gasteiger partial charge on any atom is -0.360 e. The van der Waals surface area contributed by atoms with Crippen LogP contribution >= 0.6 is 23.2 Å². The number of hydrogen-bond acceptors (Lipinski definition) is 4. The fourth-order valence-corrected chi connectivity index (χ4v) is 3.48. The molecule has 1 saturated heterocycles. The molecule has 0 spiro atoms. The summed E-state index contributed by atoms with van der Waals surface area (Å²) < 4.78 is 4.94. The Balaban J connectivity index is 1.61. The maximum absolute atomic E-state index is 12.6. The van der Waals surface area contributed by atoms with Gasteiger partial charge in [-0.1, -0.05) is 34.4 Å². The highest BCUT2D eigenvalue weighted by atomic mass is 35.5. The van der Waals surface area contributed by atoms with Gasteiger partial charge in [-0.25, -0.2) is 0 Å². The first kappa shape index (κ1) is 18.7. The lowest BCUT2D eigenvalue weighted by molar-refractivity contribution is -0.154. The van der Waals surface area contributed by atoms with Crippen LogP contribution in [0.5, 0.6) is 0 Å². The summed E-state index contributed by atoms with van der Waals surface area (Å²) in [5, 5.41) is 7.55. The molecule has 6 nitrogen and oxygen atoms in total. The molecule has 1 aliphatic heterocycles. The molecule has 0 bridgehead atoms. The Bertz CT molecular complexity index is 852. The van der Waals surface area contributed by atoms with E-state index in [-0.39, 0.29) is 18.2 Å². The summed E-state index contributed by atoms with van der Waals surface area (Å²) in [7, 11) is 0. The van der Waals surface area contributed by atoms with Crippen LogP contribution in [-0.4, -0.2) is 34.0 Å². The third-order valence-electron chi connectivity index (χ3n) is 4.70. The van der Waals surface area contributed by atoms with Crippen LogP contribution in [0.1, 0.15) is 31.1 Å². The number of amides is 2. The smallest absolute Gasteiger partial charge is 0.251 e. The van der Waals surface area contributed by atoms with E-state index >= 15 is 0 Å². The summed E-state index contributed by atoms with van der Waals surface area (Å²) in [5.74, 6) is 0.596. The second kappa shape index (κ2) is 7.29. The van der Waals surface area contributed by atoms with Crippen LogP contribution in [0.3, 0.4) is 0 Å². The number of likely N-dealkylation sites (tertiary alicyclic amines) is 1. The standard InChI is InChI=1S/C18H19Cl2N3O3/c1-11-9-15(22-26-11)21-17(25)18(2)7-8-23(18)16(24)6-4-12-3-5-13(19)10-14(12)20/h3,5,9-10H,4,6-8H2,1-2H3,(H,21,22,25). The molecule has 1 aromatic carbocycles. The van der Waals surface area contributed by atoms with Crippen LogP contribution in [0.4, 0.5) is 5.82 Å². The molecule has 1 fully saturated rings. The van der Waals surface area contributed by atoms with Crippen molar-refractivity contribution in [1.29, 1.82) is 0 Å². The van der Waals surface area contributed by atoms with Gasteiger partial charge in [0.25, 0.3) is 5.91 Å². The monoisotopic (exact) mass is 395 g/mol. The normalized spacial score (nSPS) is 19.2. The second-order valence-electron chi connectivity index (χ2n) is 6.58. The highest BCUT2D eigenvalue weighted by Crippen LogP contribution is 2.33. The lowest BCUT2D eigenvalue weighted by Crippen LogP contribution is -2.66. The van der Waals surface area contributed by atoms with Crippen molar-refractivity contribution in [1.82, 2.24) is 10.1 Å². The van der Waals surface area contributed by atoms with Crippen molar-refractivity contribution in [3.63, 3.8) is 0 Å². The molecule has 0 aliphatic carbocycles. The second-order valence-corrected chi connectivity index (χ2v) is 7.43. The fourth-order valence-electron chi connectivity index (χ4n) is 2.97. The maximum atomic E-state index is 12.6. The minimum atomic E-state index is -0.881.